The van der Waals surface area contributed by atoms with Crippen molar-refractivity contribution < 1.29 is 8.42 Å². The number of rotatable bonds is 3. The second-order valence-corrected chi connectivity index (χ2v) is 7.71. The van der Waals surface area contributed by atoms with Gasteiger partial charge in [-0.3, -0.25) is 4.90 Å². The Morgan fingerprint density at radius 1 is 1.53 bits per heavy atom. The second kappa shape index (κ2) is 5.19. The van der Waals surface area contributed by atoms with Crippen molar-refractivity contribution in [2.24, 2.45) is 5.14 Å². The Morgan fingerprint density at radius 2 is 2.18 bits per heavy atom. The molecule has 1 aliphatic heterocycles. The molecule has 17 heavy (non-hydrogen) atoms. The van der Waals surface area contributed by atoms with Crippen molar-refractivity contribution in [2.75, 3.05) is 13.1 Å². The molecule has 1 fully saturated rings. The van der Waals surface area contributed by atoms with Crippen molar-refractivity contribution >= 4 is 33.0 Å². The third-order valence-corrected chi connectivity index (χ3v) is 5.38. The Bertz CT molecular complexity index is 480. The standard InChI is InChI=1S/C9H14ClN3O2S2/c10-8-5-12-9(16-8)6-13-3-1-7(2-4-13)17(11,14)15/h5,7H,1-4,6H2,(H2,11,14,15). The van der Waals surface area contributed by atoms with Crippen molar-refractivity contribution in [2.45, 2.75) is 24.6 Å². The SMILES string of the molecule is NS(=O)(=O)C1CCN(Cc2ncc(Cl)s2)CC1. The van der Waals surface area contributed by atoms with Gasteiger partial charge in [0.05, 0.1) is 18.0 Å². The Labute approximate surface area is 110 Å². The van der Waals surface area contributed by atoms with Gasteiger partial charge < -0.3 is 0 Å². The van der Waals surface area contributed by atoms with E-state index in [-0.39, 0.29) is 0 Å². The molecule has 0 saturated carbocycles. The first kappa shape index (κ1) is 13.2. The van der Waals surface area contributed by atoms with Crippen LogP contribution in [-0.4, -0.2) is 36.6 Å². The molecule has 1 saturated heterocycles. The van der Waals surface area contributed by atoms with Gasteiger partial charge in [0.15, 0.2) is 0 Å². The van der Waals surface area contributed by atoms with Crippen LogP contribution in [0.15, 0.2) is 6.20 Å². The molecule has 1 aromatic heterocycles. The van der Waals surface area contributed by atoms with E-state index in [9.17, 15) is 8.42 Å². The van der Waals surface area contributed by atoms with E-state index in [1.807, 2.05) is 0 Å². The third kappa shape index (κ3) is 3.62. The molecular formula is C9H14ClN3O2S2. The maximum Gasteiger partial charge on any atom is 0.212 e. The zero-order chi connectivity index (χ0) is 12.5. The van der Waals surface area contributed by atoms with Crippen LogP contribution in [0.5, 0.6) is 0 Å². The number of hydrogen-bond donors (Lipinski definition) is 1. The van der Waals surface area contributed by atoms with Gasteiger partial charge >= 0.3 is 0 Å². The molecule has 0 amide bonds. The summed E-state index contributed by atoms with van der Waals surface area (Å²) in [6.07, 6.45) is 2.83. The number of nitrogens with zero attached hydrogens (tertiary/aromatic N) is 2. The first-order valence-corrected chi connectivity index (χ1v) is 8.10. The van der Waals surface area contributed by atoms with Gasteiger partial charge in [-0.2, -0.15) is 0 Å². The number of thiazole rings is 1. The Balaban J connectivity index is 1.87. The molecule has 0 spiro atoms. The van der Waals surface area contributed by atoms with E-state index in [1.54, 1.807) is 6.20 Å². The summed E-state index contributed by atoms with van der Waals surface area (Å²) in [5, 5.41) is 5.71. The highest BCUT2D eigenvalue weighted by Crippen LogP contribution is 2.22. The Hall–Kier alpha value is -0.210. The predicted molar refractivity (Wildman–Crippen MR) is 68.5 cm³/mol. The van der Waals surface area contributed by atoms with Gasteiger partial charge in [0.2, 0.25) is 10.0 Å². The normalized spacial score (nSPS) is 19.6. The van der Waals surface area contributed by atoms with Crippen LogP contribution in [0.3, 0.4) is 0 Å². The molecule has 0 radical (unpaired) electrons. The number of likely N-dealkylation sites (tertiary alicyclic amines) is 1. The summed E-state index contributed by atoms with van der Waals surface area (Å²) >= 11 is 7.26. The van der Waals surface area contributed by atoms with Crippen LogP contribution < -0.4 is 5.14 Å². The van der Waals surface area contributed by atoms with Crippen LogP contribution in [0, 0.1) is 0 Å². The van der Waals surface area contributed by atoms with E-state index < -0.39 is 15.3 Å². The van der Waals surface area contributed by atoms with E-state index in [4.69, 9.17) is 16.7 Å². The number of hydrogen-bond acceptors (Lipinski definition) is 5. The molecule has 5 nitrogen and oxygen atoms in total. The van der Waals surface area contributed by atoms with Crippen molar-refractivity contribution in [3.63, 3.8) is 0 Å². The first-order chi connectivity index (χ1) is 7.95. The van der Waals surface area contributed by atoms with Crippen molar-refractivity contribution in [3.8, 4) is 0 Å². The van der Waals surface area contributed by atoms with Crippen molar-refractivity contribution in [3.05, 3.63) is 15.5 Å². The lowest BCUT2D eigenvalue weighted by atomic mass is 10.1. The van der Waals surface area contributed by atoms with Gasteiger partial charge in [-0.05, 0) is 25.9 Å². The van der Waals surface area contributed by atoms with Crippen molar-refractivity contribution in [1.82, 2.24) is 9.88 Å². The molecule has 2 N–H and O–H groups in total. The topological polar surface area (TPSA) is 76.3 Å². The predicted octanol–water partition coefficient (Wildman–Crippen LogP) is 1.05. The minimum absolute atomic E-state index is 0.390. The molecule has 2 heterocycles. The summed E-state index contributed by atoms with van der Waals surface area (Å²) < 4.78 is 23.1. The van der Waals surface area contributed by atoms with Gasteiger partial charge in [-0.15, -0.1) is 11.3 Å². The fraction of sp³-hybridized carbons (Fsp3) is 0.667. The summed E-state index contributed by atoms with van der Waals surface area (Å²) in [5.41, 5.74) is 0. The summed E-state index contributed by atoms with van der Waals surface area (Å²) in [6, 6.07) is 0. The maximum absolute atomic E-state index is 11.2. The molecule has 0 aliphatic carbocycles. The van der Waals surface area contributed by atoms with Gasteiger partial charge in [-0.1, -0.05) is 11.6 Å². The van der Waals surface area contributed by atoms with E-state index in [1.165, 1.54) is 11.3 Å². The van der Waals surface area contributed by atoms with E-state index >= 15 is 0 Å². The minimum Gasteiger partial charge on any atom is -0.297 e. The largest absolute Gasteiger partial charge is 0.297 e. The lowest BCUT2D eigenvalue weighted by Crippen LogP contribution is -2.41. The summed E-state index contributed by atoms with van der Waals surface area (Å²) in [4.78, 5) is 6.36. The first-order valence-electron chi connectivity index (χ1n) is 5.29. The van der Waals surface area contributed by atoms with E-state index in [2.05, 4.69) is 9.88 Å². The molecule has 0 unspecified atom stereocenters. The summed E-state index contributed by atoms with van der Waals surface area (Å²) in [6.45, 7) is 2.20. The average molecular weight is 296 g/mol. The van der Waals surface area contributed by atoms with E-state index in [0.29, 0.717) is 17.2 Å². The molecular weight excluding hydrogens is 282 g/mol. The molecule has 0 aromatic carbocycles. The highest BCUT2D eigenvalue weighted by Gasteiger charge is 2.27. The number of piperidine rings is 1. The van der Waals surface area contributed by atoms with Crippen molar-refractivity contribution in [1.29, 1.82) is 0 Å². The number of halogens is 1. The monoisotopic (exact) mass is 295 g/mol. The summed E-state index contributed by atoms with van der Waals surface area (Å²) in [7, 11) is -3.38. The molecule has 1 aliphatic rings. The average Bonchev–Trinajstić information content (AvgIpc) is 2.63. The third-order valence-electron chi connectivity index (χ3n) is 2.88. The summed E-state index contributed by atoms with van der Waals surface area (Å²) in [5.74, 6) is 0. The fourth-order valence-corrected chi connectivity index (χ4v) is 3.82. The number of primary sulfonamides is 1. The van der Waals surface area contributed by atoms with Crippen LogP contribution >= 0.6 is 22.9 Å². The Morgan fingerprint density at radius 3 is 2.65 bits per heavy atom. The molecule has 1 aromatic rings. The molecule has 8 heteroatoms. The van der Waals surface area contributed by atoms with Gasteiger partial charge in [0.1, 0.15) is 9.34 Å². The minimum atomic E-state index is -3.38. The molecule has 2 rings (SSSR count). The van der Waals surface area contributed by atoms with Crippen LogP contribution in [0.2, 0.25) is 4.34 Å². The van der Waals surface area contributed by atoms with Gasteiger partial charge in [-0.25, -0.2) is 18.5 Å². The van der Waals surface area contributed by atoms with E-state index in [0.717, 1.165) is 24.6 Å². The smallest absolute Gasteiger partial charge is 0.212 e. The number of nitrogens with two attached hydrogens (primary N) is 1. The number of sulfonamides is 1. The van der Waals surface area contributed by atoms with Gasteiger partial charge in [0.25, 0.3) is 0 Å². The molecule has 0 bridgehead atoms. The lowest BCUT2D eigenvalue weighted by molar-refractivity contribution is 0.222. The van der Waals surface area contributed by atoms with Crippen LogP contribution in [0.25, 0.3) is 0 Å². The number of aromatic nitrogens is 1. The second-order valence-electron chi connectivity index (χ2n) is 4.12. The highest BCUT2D eigenvalue weighted by atomic mass is 35.5. The zero-order valence-electron chi connectivity index (χ0n) is 9.17. The maximum atomic E-state index is 11.2. The Kier molecular flexibility index (Phi) is 4.04. The van der Waals surface area contributed by atoms with Crippen LogP contribution in [0.1, 0.15) is 17.8 Å². The fourth-order valence-electron chi connectivity index (χ4n) is 1.95. The molecule has 0 atom stereocenters. The quantitative estimate of drug-likeness (QED) is 0.904. The zero-order valence-corrected chi connectivity index (χ0v) is 11.6. The highest BCUT2D eigenvalue weighted by molar-refractivity contribution is 7.89. The van der Waals surface area contributed by atoms with Crippen LogP contribution in [-0.2, 0) is 16.6 Å². The van der Waals surface area contributed by atoms with Crippen LogP contribution in [0.4, 0.5) is 0 Å². The lowest BCUT2D eigenvalue weighted by Gasteiger charge is -2.29. The van der Waals surface area contributed by atoms with Gasteiger partial charge in [0, 0.05) is 0 Å². The molecule has 96 valence electrons.